The summed E-state index contributed by atoms with van der Waals surface area (Å²) in [5.74, 6) is 0. The highest BCUT2D eigenvalue weighted by molar-refractivity contribution is 7.83. The van der Waals surface area contributed by atoms with Crippen LogP contribution in [0.15, 0.2) is 47.4 Å². The van der Waals surface area contributed by atoms with E-state index in [-0.39, 0.29) is 17.1 Å². The first-order chi connectivity index (χ1) is 10.7. The van der Waals surface area contributed by atoms with Crippen molar-refractivity contribution in [3.8, 4) is 0 Å². The molecule has 0 amide bonds. The van der Waals surface area contributed by atoms with Crippen LogP contribution in [0.3, 0.4) is 0 Å². The molecule has 0 aliphatic carbocycles. The Morgan fingerprint density at radius 3 is 2.26 bits per heavy atom. The van der Waals surface area contributed by atoms with Crippen LogP contribution in [0.25, 0.3) is 10.8 Å². The molecule has 1 heterocycles. The van der Waals surface area contributed by atoms with E-state index in [0.29, 0.717) is 0 Å². The summed E-state index contributed by atoms with van der Waals surface area (Å²) in [6.07, 6.45) is 2.05. The molecule has 4 heteroatoms. The van der Waals surface area contributed by atoms with Gasteiger partial charge in [-0.05, 0) is 50.6 Å². The molecular weight excluding hydrogens is 304 g/mol. The first kappa shape index (κ1) is 16.6. The lowest BCUT2D eigenvalue weighted by atomic mass is 9.80. The maximum Gasteiger partial charge on any atom is 0.125 e. The Kier molecular flexibility index (Phi) is 4.34. The maximum atomic E-state index is 12.8. The van der Waals surface area contributed by atoms with Gasteiger partial charge in [-0.25, -0.2) is 8.93 Å². The lowest BCUT2D eigenvalue weighted by Gasteiger charge is -2.42. The van der Waals surface area contributed by atoms with Crippen LogP contribution in [0.5, 0.6) is 0 Å². The second kappa shape index (κ2) is 6.00. The van der Waals surface area contributed by atoms with Crippen molar-refractivity contribution in [2.24, 2.45) is 0 Å². The Morgan fingerprint density at radius 1 is 1.00 bits per heavy atom. The SMILES string of the molecule is CC1(C)CC(N[S@](=O)c2ccc3ccccc3c2)CC(C)(C)[NH2+]1. The molecule has 2 aromatic rings. The molecule has 1 saturated heterocycles. The summed E-state index contributed by atoms with van der Waals surface area (Å²) in [4.78, 5) is 0.855. The van der Waals surface area contributed by atoms with E-state index >= 15 is 0 Å². The first-order valence-electron chi connectivity index (χ1n) is 8.28. The Bertz CT molecular complexity index is 723. The van der Waals surface area contributed by atoms with E-state index < -0.39 is 11.0 Å². The Labute approximate surface area is 141 Å². The fourth-order valence-corrected chi connectivity index (χ4v) is 5.13. The van der Waals surface area contributed by atoms with Crippen molar-refractivity contribution in [3.05, 3.63) is 42.5 Å². The van der Waals surface area contributed by atoms with Gasteiger partial charge in [0.05, 0.1) is 16.0 Å². The quantitative estimate of drug-likeness (QED) is 0.892. The lowest BCUT2D eigenvalue weighted by molar-refractivity contribution is -0.787. The van der Waals surface area contributed by atoms with Crippen LogP contribution in [-0.2, 0) is 11.0 Å². The van der Waals surface area contributed by atoms with Crippen molar-refractivity contribution < 1.29 is 9.53 Å². The monoisotopic (exact) mass is 331 g/mol. The van der Waals surface area contributed by atoms with Crippen molar-refractivity contribution in [3.63, 3.8) is 0 Å². The standard InChI is InChI=1S/C19H26N2OS/c1-18(2)12-16(13-19(3,4)21-18)20-23(22)17-10-9-14-7-5-6-8-15(14)11-17/h5-11,16,20-21H,12-13H2,1-4H3/p+1/t23-/m1/s1. The fourth-order valence-electron chi connectivity index (χ4n) is 4.10. The molecule has 0 saturated carbocycles. The van der Waals surface area contributed by atoms with Gasteiger partial charge in [-0.2, -0.15) is 0 Å². The summed E-state index contributed by atoms with van der Waals surface area (Å²) in [6, 6.07) is 14.5. The molecule has 3 N–H and O–H groups in total. The second-order valence-electron chi connectivity index (χ2n) is 8.12. The summed E-state index contributed by atoms with van der Waals surface area (Å²) >= 11 is 0. The number of fused-ring (bicyclic) bond motifs is 1. The number of rotatable bonds is 3. The van der Waals surface area contributed by atoms with Crippen molar-refractivity contribution in [1.82, 2.24) is 4.72 Å². The molecule has 0 unspecified atom stereocenters. The van der Waals surface area contributed by atoms with Crippen LogP contribution in [0.2, 0.25) is 0 Å². The minimum atomic E-state index is -1.17. The number of nitrogens with one attached hydrogen (secondary N) is 1. The van der Waals surface area contributed by atoms with Crippen LogP contribution in [0.1, 0.15) is 40.5 Å². The third-order valence-corrected chi connectivity index (χ3v) is 5.76. The molecule has 0 aromatic heterocycles. The van der Waals surface area contributed by atoms with Gasteiger partial charge < -0.3 is 5.32 Å². The van der Waals surface area contributed by atoms with Gasteiger partial charge >= 0.3 is 0 Å². The second-order valence-corrected chi connectivity index (χ2v) is 9.37. The van der Waals surface area contributed by atoms with Crippen LogP contribution >= 0.6 is 0 Å². The van der Waals surface area contributed by atoms with Crippen molar-refractivity contribution in [2.75, 3.05) is 0 Å². The van der Waals surface area contributed by atoms with E-state index in [1.165, 1.54) is 5.39 Å². The van der Waals surface area contributed by atoms with E-state index in [4.69, 9.17) is 0 Å². The molecule has 0 bridgehead atoms. The zero-order chi connectivity index (χ0) is 16.7. The van der Waals surface area contributed by atoms with Gasteiger partial charge in [0, 0.05) is 18.9 Å². The summed E-state index contributed by atoms with van der Waals surface area (Å²) in [6.45, 7) is 9.06. The topological polar surface area (TPSA) is 45.7 Å². The van der Waals surface area contributed by atoms with Crippen LogP contribution in [0.4, 0.5) is 0 Å². The largest absolute Gasteiger partial charge is 0.337 e. The summed E-state index contributed by atoms with van der Waals surface area (Å²) in [7, 11) is -1.17. The zero-order valence-electron chi connectivity index (χ0n) is 14.4. The van der Waals surface area contributed by atoms with E-state index in [0.717, 1.165) is 23.1 Å². The molecular formula is C19H27N2OS+. The van der Waals surface area contributed by atoms with Gasteiger partial charge in [-0.15, -0.1) is 0 Å². The predicted octanol–water partition coefficient (Wildman–Crippen LogP) is 2.74. The maximum absolute atomic E-state index is 12.8. The molecule has 1 fully saturated rings. The number of quaternary nitrogens is 1. The summed E-state index contributed by atoms with van der Waals surface area (Å²) < 4.78 is 16.1. The van der Waals surface area contributed by atoms with E-state index in [1.54, 1.807) is 0 Å². The molecule has 3 rings (SSSR count). The number of hydrogen-bond acceptors (Lipinski definition) is 1. The smallest absolute Gasteiger partial charge is 0.125 e. The Balaban J connectivity index is 1.77. The molecule has 23 heavy (non-hydrogen) atoms. The van der Waals surface area contributed by atoms with E-state index in [2.05, 4.69) is 49.9 Å². The van der Waals surface area contributed by atoms with Gasteiger partial charge in [0.1, 0.15) is 11.0 Å². The number of benzene rings is 2. The van der Waals surface area contributed by atoms with Crippen LogP contribution in [0, 0.1) is 0 Å². The Morgan fingerprint density at radius 2 is 1.61 bits per heavy atom. The number of hydrogen-bond donors (Lipinski definition) is 2. The average molecular weight is 332 g/mol. The molecule has 124 valence electrons. The molecule has 1 atom stereocenters. The summed E-state index contributed by atoms with van der Waals surface area (Å²) in [5, 5.41) is 4.76. The van der Waals surface area contributed by atoms with Gasteiger partial charge in [0.2, 0.25) is 0 Å². The zero-order valence-corrected chi connectivity index (χ0v) is 15.2. The number of nitrogens with two attached hydrogens (primary N) is 1. The summed E-state index contributed by atoms with van der Waals surface area (Å²) in [5.41, 5.74) is 0.347. The third kappa shape index (κ3) is 4.00. The van der Waals surface area contributed by atoms with Crippen molar-refractivity contribution in [2.45, 2.75) is 62.6 Å². The predicted molar refractivity (Wildman–Crippen MR) is 96.6 cm³/mol. The van der Waals surface area contributed by atoms with Gasteiger partial charge in [0.25, 0.3) is 0 Å². The third-order valence-electron chi connectivity index (χ3n) is 4.54. The highest BCUT2D eigenvalue weighted by atomic mass is 32.2. The minimum absolute atomic E-state index is 0.174. The van der Waals surface area contributed by atoms with Gasteiger partial charge in [0.15, 0.2) is 0 Å². The highest BCUT2D eigenvalue weighted by Crippen LogP contribution is 2.23. The lowest BCUT2D eigenvalue weighted by Crippen LogP contribution is -3.06. The normalized spacial score (nSPS) is 22.1. The van der Waals surface area contributed by atoms with Gasteiger partial charge in [-0.1, -0.05) is 30.3 Å². The van der Waals surface area contributed by atoms with E-state index in [9.17, 15) is 4.21 Å². The minimum Gasteiger partial charge on any atom is -0.337 e. The molecule has 1 aliphatic rings. The number of piperidine rings is 1. The molecule has 0 radical (unpaired) electrons. The molecule has 2 aromatic carbocycles. The van der Waals surface area contributed by atoms with Gasteiger partial charge in [-0.3, -0.25) is 0 Å². The average Bonchev–Trinajstić information content (AvgIpc) is 2.43. The molecule has 3 nitrogen and oxygen atoms in total. The molecule has 1 aliphatic heterocycles. The first-order valence-corrected chi connectivity index (χ1v) is 9.43. The van der Waals surface area contributed by atoms with Crippen LogP contribution < -0.4 is 10.0 Å². The van der Waals surface area contributed by atoms with E-state index in [1.807, 2.05) is 30.3 Å². The fraction of sp³-hybridized carbons (Fsp3) is 0.474. The van der Waals surface area contributed by atoms with Crippen molar-refractivity contribution >= 4 is 21.8 Å². The van der Waals surface area contributed by atoms with Crippen molar-refractivity contribution in [1.29, 1.82) is 0 Å². The Hall–Kier alpha value is -1.23. The molecule has 0 spiro atoms. The van der Waals surface area contributed by atoms with Crippen LogP contribution in [-0.4, -0.2) is 21.3 Å². The highest BCUT2D eigenvalue weighted by Gasteiger charge is 2.42.